The molecule has 2 N–H and O–H groups in total. The molecular formula is C13H20N2O2. The lowest BCUT2D eigenvalue weighted by Gasteiger charge is -2.33. The van der Waals surface area contributed by atoms with E-state index in [2.05, 4.69) is 11.8 Å². The van der Waals surface area contributed by atoms with Crippen molar-refractivity contribution in [2.45, 2.75) is 19.5 Å². The van der Waals surface area contributed by atoms with Crippen LogP contribution in [0.15, 0.2) is 18.2 Å². The average molecular weight is 236 g/mol. The van der Waals surface area contributed by atoms with Crippen LogP contribution in [0, 0.1) is 0 Å². The fourth-order valence-electron chi connectivity index (χ4n) is 2.13. The minimum Gasteiger partial charge on any atom is -0.497 e. The zero-order valence-corrected chi connectivity index (χ0v) is 10.5. The topological polar surface area (TPSA) is 47.7 Å². The molecule has 0 aromatic heterocycles. The van der Waals surface area contributed by atoms with Crippen molar-refractivity contribution < 1.29 is 9.47 Å². The highest BCUT2D eigenvalue weighted by atomic mass is 16.5. The third-order valence-electron chi connectivity index (χ3n) is 3.12. The molecule has 1 aromatic carbocycles. The van der Waals surface area contributed by atoms with Gasteiger partial charge in [-0.3, -0.25) is 4.90 Å². The molecule has 2 rings (SSSR count). The lowest BCUT2D eigenvalue weighted by Crippen LogP contribution is -2.42. The van der Waals surface area contributed by atoms with E-state index in [0.29, 0.717) is 6.04 Å². The molecule has 1 fully saturated rings. The fourth-order valence-corrected chi connectivity index (χ4v) is 2.13. The quantitative estimate of drug-likeness (QED) is 0.808. The van der Waals surface area contributed by atoms with Crippen molar-refractivity contribution in [3.63, 3.8) is 0 Å². The molecule has 1 heterocycles. The van der Waals surface area contributed by atoms with Crippen LogP contribution >= 0.6 is 0 Å². The Morgan fingerprint density at radius 1 is 1.47 bits per heavy atom. The Morgan fingerprint density at radius 3 is 3.00 bits per heavy atom. The van der Waals surface area contributed by atoms with Gasteiger partial charge in [-0.2, -0.15) is 0 Å². The van der Waals surface area contributed by atoms with Gasteiger partial charge in [-0.25, -0.2) is 0 Å². The minimum atomic E-state index is 0.455. The number of nitrogens with two attached hydrogens (primary N) is 1. The predicted molar refractivity (Wildman–Crippen MR) is 68.1 cm³/mol. The highest BCUT2D eigenvalue weighted by Gasteiger charge is 2.18. The Morgan fingerprint density at radius 2 is 2.29 bits per heavy atom. The van der Waals surface area contributed by atoms with Crippen LogP contribution in [0.2, 0.25) is 0 Å². The molecule has 1 aliphatic rings. The molecular weight excluding hydrogens is 216 g/mol. The Bertz CT molecular complexity index is 382. The molecule has 0 amide bonds. The van der Waals surface area contributed by atoms with Gasteiger partial charge in [-0.05, 0) is 24.6 Å². The van der Waals surface area contributed by atoms with E-state index < -0.39 is 0 Å². The average Bonchev–Trinajstić information content (AvgIpc) is 2.31. The number of hydrogen-bond donors (Lipinski definition) is 1. The van der Waals surface area contributed by atoms with E-state index in [1.165, 1.54) is 5.56 Å². The van der Waals surface area contributed by atoms with Crippen molar-refractivity contribution in [3.05, 3.63) is 23.8 Å². The third-order valence-corrected chi connectivity index (χ3v) is 3.12. The van der Waals surface area contributed by atoms with Crippen molar-refractivity contribution in [2.24, 2.45) is 0 Å². The Kier molecular flexibility index (Phi) is 3.86. The summed E-state index contributed by atoms with van der Waals surface area (Å²) in [6.45, 7) is 5.66. The summed E-state index contributed by atoms with van der Waals surface area (Å²) >= 11 is 0. The van der Waals surface area contributed by atoms with Crippen molar-refractivity contribution in [3.8, 4) is 5.75 Å². The molecule has 94 valence electrons. The summed E-state index contributed by atoms with van der Waals surface area (Å²) in [5.74, 6) is 0.820. The van der Waals surface area contributed by atoms with Crippen molar-refractivity contribution >= 4 is 5.69 Å². The first-order valence-corrected chi connectivity index (χ1v) is 5.94. The van der Waals surface area contributed by atoms with E-state index in [9.17, 15) is 0 Å². The lowest BCUT2D eigenvalue weighted by molar-refractivity contribution is -0.00437. The van der Waals surface area contributed by atoms with Gasteiger partial charge in [0.15, 0.2) is 0 Å². The number of nitrogens with zero attached hydrogens (tertiary/aromatic N) is 1. The van der Waals surface area contributed by atoms with Gasteiger partial charge in [-0.1, -0.05) is 0 Å². The van der Waals surface area contributed by atoms with Gasteiger partial charge in [0.05, 0.1) is 20.3 Å². The fraction of sp³-hybridized carbons (Fsp3) is 0.538. The van der Waals surface area contributed by atoms with Gasteiger partial charge in [0.2, 0.25) is 0 Å². The van der Waals surface area contributed by atoms with Crippen LogP contribution in [0.5, 0.6) is 5.75 Å². The summed E-state index contributed by atoms with van der Waals surface area (Å²) in [4.78, 5) is 2.40. The molecule has 17 heavy (non-hydrogen) atoms. The highest BCUT2D eigenvalue weighted by Crippen LogP contribution is 2.21. The first kappa shape index (κ1) is 12.2. The SMILES string of the molecule is COc1cc(N)cc(CN2CCOCC2C)c1. The Balaban J connectivity index is 2.09. The van der Waals surface area contributed by atoms with Crippen LogP contribution in [-0.4, -0.2) is 37.8 Å². The van der Waals surface area contributed by atoms with Crippen LogP contribution in [0.25, 0.3) is 0 Å². The maximum Gasteiger partial charge on any atom is 0.121 e. The zero-order chi connectivity index (χ0) is 12.3. The summed E-state index contributed by atoms with van der Waals surface area (Å²) < 4.78 is 10.7. The normalized spacial score (nSPS) is 21.4. The molecule has 1 aromatic rings. The molecule has 0 spiro atoms. The van der Waals surface area contributed by atoms with Gasteiger partial charge in [0, 0.05) is 30.9 Å². The molecule has 1 atom stereocenters. The van der Waals surface area contributed by atoms with E-state index in [1.807, 2.05) is 18.2 Å². The number of nitrogen functional groups attached to an aromatic ring is 1. The van der Waals surface area contributed by atoms with Gasteiger partial charge in [0.1, 0.15) is 5.75 Å². The highest BCUT2D eigenvalue weighted by molar-refractivity contribution is 5.47. The van der Waals surface area contributed by atoms with E-state index in [-0.39, 0.29) is 0 Å². The minimum absolute atomic E-state index is 0.455. The van der Waals surface area contributed by atoms with Crippen molar-refractivity contribution in [1.29, 1.82) is 0 Å². The van der Waals surface area contributed by atoms with E-state index in [1.54, 1.807) is 7.11 Å². The summed E-state index contributed by atoms with van der Waals surface area (Å²) in [6.07, 6.45) is 0. The molecule has 1 saturated heterocycles. The second kappa shape index (κ2) is 5.38. The van der Waals surface area contributed by atoms with Crippen molar-refractivity contribution in [1.82, 2.24) is 4.90 Å². The number of benzene rings is 1. The third kappa shape index (κ3) is 3.11. The van der Waals surface area contributed by atoms with Crippen molar-refractivity contribution in [2.75, 3.05) is 32.6 Å². The molecule has 0 bridgehead atoms. The second-order valence-electron chi connectivity index (χ2n) is 4.51. The summed E-state index contributed by atoms with van der Waals surface area (Å²) in [5.41, 5.74) is 7.79. The Hall–Kier alpha value is -1.26. The molecule has 1 unspecified atom stereocenters. The molecule has 1 aliphatic heterocycles. The number of hydrogen-bond acceptors (Lipinski definition) is 4. The van der Waals surface area contributed by atoms with Crippen LogP contribution in [0.3, 0.4) is 0 Å². The van der Waals surface area contributed by atoms with E-state index in [0.717, 1.165) is 37.7 Å². The molecule has 0 radical (unpaired) electrons. The summed E-state index contributed by atoms with van der Waals surface area (Å²) in [5, 5.41) is 0. The largest absolute Gasteiger partial charge is 0.497 e. The smallest absolute Gasteiger partial charge is 0.121 e. The number of morpholine rings is 1. The first-order valence-electron chi connectivity index (χ1n) is 5.94. The molecule has 4 heteroatoms. The maximum absolute atomic E-state index is 5.85. The molecule has 0 aliphatic carbocycles. The van der Waals surface area contributed by atoms with Crippen LogP contribution < -0.4 is 10.5 Å². The maximum atomic E-state index is 5.85. The zero-order valence-electron chi connectivity index (χ0n) is 10.5. The van der Waals surface area contributed by atoms with Crippen LogP contribution in [0.1, 0.15) is 12.5 Å². The predicted octanol–water partition coefficient (Wildman–Crippen LogP) is 1.50. The number of rotatable bonds is 3. The first-order chi connectivity index (χ1) is 8.19. The van der Waals surface area contributed by atoms with E-state index >= 15 is 0 Å². The van der Waals surface area contributed by atoms with Crippen LogP contribution in [-0.2, 0) is 11.3 Å². The number of methoxy groups -OCH3 is 1. The number of ether oxygens (including phenoxy) is 2. The number of anilines is 1. The van der Waals surface area contributed by atoms with Gasteiger partial charge >= 0.3 is 0 Å². The molecule has 0 saturated carbocycles. The Labute approximate surface area is 102 Å². The van der Waals surface area contributed by atoms with Gasteiger partial charge in [-0.15, -0.1) is 0 Å². The second-order valence-corrected chi connectivity index (χ2v) is 4.51. The van der Waals surface area contributed by atoms with Crippen LogP contribution in [0.4, 0.5) is 5.69 Å². The summed E-state index contributed by atoms with van der Waals surface area (Å²) in [6, 6.07) is 6.34. The van der Waals surface area contributed by atoms with Gasteiger partial charge in [0.25, 0.3) is 0 Å². The monoisotopic (exact) mass is 236 g/mol. The standard InChI is InChI=1S/C13H20N2O2/c1-10-9-17-4-3-15(10)8-11-5-12(14)7-13(6-11)16-2/h5-7,10H,3-4,8-9,14H2,1-2H3. The lowest BCUT2D eigenvalue weighted by atomic mass is 10.1. The van der Waals surface area contributed by atoms with Gasteiger partial charge < -0.3 is 15.2 Å². The summed E-state index contributed by atoms with van der Waals surface area (Å²) in [7, 11) is 1.66. The molecule has 4 nitrogen and oxygen atoms in total. The van der Waals surface area contributed by atoms with E-state index in [4.69, 9.17) is 15.2 Å².